The molecule has 144 valence electrons. The molecule has 0 aliphatic carbocycles. The van der Waals surface area contributed by atoms with Gasteiger partial charge in [0, 0.05) is 5.39 Å². The van der Waals surface area contributed by atoms with Gasteiger partial charge in [0.2, 0.25) is 0 Å². The Bertz CT molecular complexity index is 1510. The Morgan fingerprint density at radius 3 is 2.13 bits per heavy atom. The minimum atomic E-state index is 0.0420. The van der Waals surface area contributed by atoms with Crippen molar-refractivity contribution in [3.05, 3.63) is 83.9 Å². The van der Waals surface area contributed by atoms with E-state index in [4.69, 9.17) is 9.47 Å². The number of ether oxygens (including phenoxy) is 2. The smallest absolute Gasteiger partial charge is 0.155 e. The van der Waals surface area contributed by atoms with E-state index in [1.165, 1.54) is 0 Å². The number of nitrogens with zero attached hydrogens (tertiary/aromatic N) is 3. The second-order valence-corrected chi connectivity index (χ2v) is 7.25. The molecule has 5 heteroatoms. The predicted octanol–water partition coefficient (Wildman–Crippen LogP) is 6.95. The number of fused-ring (bicyclic) bond motifs is 6. The Hall–Kier alpha value is -4.74. The van der Waals surface area contributed by atoms with Gasteiger partial charge in [-0.25, -0.2) is 0 Å². The number of benzene rings is 4. The van der Waals surface area contributed by atoms with E-state index < -0.39 is 0 Å². The third kappa shape index (κ3) is 2.41. The summed E-state index contributed by atoms with van der Waals surface area (Å²) in [6.45, 7) is 0. The Balaban J connectivity index is 1.72. The first-order valence-corrected chi connectivity index (χ1v) is 9.74. The molecule has 0 atom stereocenters. The maximum atomic E-state index is 9.26. The molecule has 0 saturated heterocycles. The average Bonchev–Trinajstić information content (AvgIpc) is 2.82. The third-order valence-corrected chi connectivity index (χ3v) is 5.51. The maximum absolute atomic E-state index is 9.26. The maximum Gasteiger partial charge on any atom is 0.155 e. The van der Waals surface area contributed by atoms with Crippen molar-refractivity contribution >= 4 is 33.9 Å². The van der Waals surface area contributed by atoms with Gasteiger partial charge in [0.05, 0.1) is 11.4 Å². The zero-order valence-corrected chi connectivity index (χ0v) is 16.2. The van der Waals surface area contributed by atoms with Crippen LogP contribution in [-0.2, 0) is 0 Å². The lowest BCUT2D eigenvalue weighted by atomic mass is 9.97. The fourth-order valence-electron chi connectivity index (χ4n) is 4.24. The van der Waals surface area contributed by atoms with Crippen LogP contribution in [0.25, 0.3) is 16.8 Å². The fourth-order valence-corrected chi connectivity index (χ4v) is 4.24. The van der Waals surface area contributed by atoms with Crippen LogP contribution in [0.1, 0.15) is 5.56 Å². The van der Waals surface area contributed by atoms with Crippen LogP contribution in [0, 0.1) is 22.7 Å². The standard InChI is InChI=1S/C26H13N3O2/c27-14-16(15-28)12-17-13-24-25(19-7-2-1-6-18(17)19)29-20-8-3-4-9-21(20)30-22-10-5-11-23(31-24)26(22)29/h1-13H. The zero-order valence-electron chi connectivity index (χ0n) is 16.2. The van der Waals surface area contributed by atoms with Crippen molar-refractivity contribution in [3.8, 4) is 35.1 Å². The Labute approximate surface area is 178 Å². The largest absolute Gasteiger partial charge is 0.453 e. The van der Waals surface area contributed by atoms with Gasteiger partial charge in [-0.3, -0.25) is 4.90 Å². The molecule has 6 rings (SSSR count). The Kier molecular flexibility index (Phi) is 3.53. The van der Waals surface area contributed by atoms with Crippen LogP contribution in [0.5, 0.6) is 23.0 Å². The minimum Gasteiger partial charge on any atom is -0.453 e. The van der Waals surface area contributed by atoms with Crippen molar-refractivity contribution in [1.82, 2.24) is 0 Å². The highest BCUT2D eigenvalue weighted by atomic mass is 16.5. The molecule has 0 bridgehead atoms. The highest BCUT2D eigenvalue weighted by molar-refractivity contribution is 6.09. The van der Waals surface area contributed by atoms with Crippen LogP contribution in [0.15, 0.2) is 78.4 Å². The van der Waals surface area contributed by atoms with Gasteiger partial charge in [-0.1, -0.05) is 42.5 Å². The lowest BCUT2D eigenvalue weighted by Crippen LogP contribution is -2.20. The summed E-state index contributed by atoms with van der Waals surface area (Å²) in [7, 11) is 0. The minimum absolute atomic E-state index is 0.0420. The molecule has 2 heterocycles. The lowest BCUT2D eigenvalue weighted by Gasteiger charge is -2.38. The van der Waals surface area contributed by atoms with Gasteiger partial charge in [-0.2, -0.15) is 10.5 Å². The molecule has 31 heavy (non-hydrogen) atoms. The van der Waals surface area contributed by atoms with E-state index >= 15 is 0 Å². The van der Waals surface area contributed by atoms with E-state index in [1.807, 2.05) is 84.9 Å². The highest BCUT2D eigenvalue weighted by Crippen LogP contribution is 2.61. The first-order valence-electron chi connectivity index (χ1n) is 9.74. The van der Waals surface area contributed by atoms with Gasteiger partial charge in [-0.15, -0.1) is 0 Å². The van der Waals surface area contributed by atoms with E-state index in [2.05, 4.69) is 4.90 Å². The van der Waals surface area contributed by atoms with E-state index in [-0.39, 0.29) is 5.57 Å². The summed E-state index contributed by atoms with van der Waals surface area (Å²) in [6.07, 6.45) is 1.60. The van der Waals surface area contributed by atoms with Gasteiger partial charge in [-0.05, 0) is 47.4 Å². The number of rotatable bonds is 1. The SMILES string of the molecule is N#CC(C#N)=Cc1cc2c(c3ccccc13)N1c3ccccc3Oc3cccc(c31)O2. The monoisotopic (exact) mass is 399 g/mol. The number of allylic oxidation sites excluding steroid dienone is 1. The van der Waals surface area contributed by atoms with Gasteiger partial charge in [0.15, 0.2) is 23.0 Å². The van der Waals surface area contributed by atoms with E-state index in [0.29, 0.717) is 11.5 Å². The molecule has 0 aromatic heterocycles. The molecule has 0 spiro atoms. The molecule has 5 nitrogen and oxygen atoms in total. The van der Waals surface area contributed by atoms with Crippen molar-refractivity contribution < 1.29 is 9.47 Å². The van der Waals surface area contributed by atoms with Gasteiger partial charge < -0.3 is 9.47 Å². The van der Waals surface area contributed by atoms with Crippen LogP contribution in [-0.4, -0.2) is 0 Å². The number of para-hydroxylation sites is 3. The molecular formula is C26H13N3O2. The second-order valence-electron chi connectivity index (χ2n) is 7.25. The van der Waals surface area contributed by atoms with Crippen LogP contribution < -0.4 is 14.4 Å². The number of hydrogen-bond donors (Lipinski definition) is 0. The van der Waals surface area contributed by atoms with Crippen molar-refractivity contribution in [2.75, 3.05) is 4.90 Å². The Morgan fingerprint density at radius 1 is 0.710 bits per heavy atom. The molecule has 0 saturated carbocycles. The number of anilines is 3. The van der Waals surface area contributed by atoms with Crippen molar-refractivity contribution in [2.24, 2.45) is 0 Å². The molecule has 2 aliphatic rings. The van der Waals surface area contributed by atoms with Crippen LogP contribution in [0.4, 0.5) is 17.1 Å². The highest BCUT2D eigenvalue weighted by Gasteiger charge is 2.35. The molecule has 0 unspecified atom stereocenters. The van der Waals surface area contributed by atoms with Crippen molar-refractivity contribution in [3.63, 3.8) is 0 Å². The topological polar surface area (TPSA) is 69.3 Å². The predicted molar refractivity (Wildman–Crippen MR) is 118 cm³/mol. The Morgan fingerprint density at radius 2 is 1.35 bits per heavy atom. The lowest BCUT2D eigenvalue weighted by molar-refractivity contribution is 0.446. The zero-order chi connectivity index (χ0) is 20.9. The number of hydrogen-bond acceptors (Lipinski definition) is 5. The summed E-state index contributed by atoms with van der Waals surface area (Å²) in [5.41, 5.74) is 3.49. The van der Waals surface area contributed by atoms with Crippen molar-refractivity contribution in [2.45, 2.75) is 0 Å². The van der Waals surface area contributed by atoms with E-state index in [1.54, 1.807) is 6.08 Å². The number of nitriles is 2. The molecule has 0 amide bonds. The van der Waals surface area contributed by atoms with E-state index in [0.717, 1.165) is 44.9 Å². The molecule has 0 radical (unpaired) electrons. The molecule has 0 N–H and O–H groups in total. The third-order valence-electron chi connectivity index (χ3n) is 5.51. The van der Waals surface area contributed by atoms with Crippen molar-refractivity contribution in [1.29, 1.82) is 10.5 Å². The van der Waals surface area contributed by atoms with Gasteiger partial charge >= 0.3 is 0 Å². The summed E-state index contributed by atoms with van der Waals surface area (Å²) >= 11 is 0. The second kappa shape index (κ2) is 6.38. The summed E-state index contributed by atoms with van der Waals surface area (Å²) in [6, 6.07) is 27.4. The fraction of sp³-hybridized carbons (Fsp3) is 0. The van der Waals surface area contributed by atoms with Crippen LogP contribution in [0.2, 0.25) is 0 Å². The summed E-state index contributed by atoms with van der Waals surface area (Å²) < 4.78 is 12.5. The molecule has 4 aromatic carbocycles. The molecular weight excluding hydrogens is 386 g/mol. The van der Waals surface area contributed by atoms with Gasteiger partial charge in [0.25, 0.3) is 0 Å². The average molecular weight is 399 g/mol. The van der Waals surface area contributed by atoms with Crippen LogP contribution >= 0.6 is 0 Å². The summed E-state index contributed by atoms with van der Waals surface area (Å²) in [5.74, 6) is 2.84. The summed E-state index contributed by atoms with van der Waals surface area (Å²) in [4.78, 5) is 2.17. The molecule has 4 aromatic rings. The van der Waals surface area contributed by atoms with Gasteiger partial charge in [0.1, 0.15) is 23.4 Å². The first-order chi connectivity index (χ1) is 15.3. The first kappa shape index (κ1) is 17.1. The van der Waals surface area contributed by atoms with E-state index in [9.17, 15) is 10.5 Å². The molecule has 0 fully saturated rings. The summed E-state index contributed by atoms with van der Waals surface area (Å²) in [5, 5.41) is 20.4. The van der Waals surface area contributed by atoms with Crippen LogP contribution in [0.3, 0.4) is 0 Å². The quantitative estimate of drug-likeness (QED) is 0.280. The normalized spacial score (nSPS) is 12.3. The molecule has 2 aliphatic heterocycles.